The minimum absolute atomic E-state index is 0.776. The molecule has 0 aromatic carbocycles. The van der Waals surface area contributed by atoms with Gasteiger partial charge in [0.15, 0.2) is 0 Å². The smallest absolute Gasteiger partial charge is 0.123 e. The molecule has 23 heavy (non-hydrogen) atoms. The van der Waals surface area contributed by atoms with E-state index in [9.17, 15) is 0 Å². The van der Waals surface area contributed by atoms with Gasteiger partial charge in [0.1, 0.15) is 8.24 Å². The summed E-state index contributed by atoms with van der Waals surface area (Å²) >= 11 is 0. The largest absolute Gasteiger partial charge is 0.337 e. The summed E-state index contributed by atoms with van der Waals surface area (Å²) < 4.78 is 0. The molecule has 0 spiro atoms. The molecule has 2 aliphatic carbocycles. The van der Waals surface area contributed by atoms with Gasteiger partial charge in [0.2, 0.25) is 0 Å². The monoisotopic (exact) mass is 333 g/mol. The van der Waals surface area contributed by atoms with E-state index in [0.717, 1.165) is 29.2 Å². The van der Waals surface area contributed by atoms with E-state index in [2.05, 4.69) is 66.5 Å². The van der Waals surface area contributed by atoms with Gasteiger partial charge in [-0.05, 0) is 81.0 Å². The van der Waals surface area contributed by atoms with Crippen molar-refractivity contribution in [2.75, 3.05) is 6.54 Å². The Hall–Kier alpha value is -0.343. The molecular formula is C21H39NSi. The molecule has 0 aliphatic heterocycles. The van der Waals surface area contributed by atoms with Crippen LogP contribution in [-0.4, -0.2) is 14.8 Å². The van der Waals surface area contributed by atoms with Crippen molar-refractivity contribution in [2.45, 2.75) is 79.9 Å². The van der Waals surface area contributed by atoms with Crippen LogP contribution in [0.1, 0.15) is 61.3 Å². The molecule has 1 N–H and O–H groups in total. The van der Waals surface area contributed by atoms with E-state index in [4.69, 9.17) is 0 Å². The molecule has 0 bridgehead atoms. The molecule has 0 saturated heterocycles. The fourth-order valence-electron chi connectivity index (χ4n) is 5.64. The maximum atomic E-state index is 4.05. The van der Waals surface area contributed by atoms with E-state index in [-0.39, 0.29) is 0 Å². The standard InChI is InChI=1S/C21H39NSi/c1-10-11-12-22-23(8,9)21-18(7)17(6)19-15(4)13(2)14(3)16(5)20(19)21/h17-22H,10-12H2,1-9H3. The van der Waals surface area contributed by atoms with Crippen molar-refractivity contribution in [2.24, 2.45) is 23.7 Å². The van der Waals surface area contributed by atoms with Gasteiger partial charge in [-0.25, -0.2) is 0 Å². The second kappa shape index (κ2) is 6.88. The minimum atomic E-state index is -1.45. The molecule has 2 aliphatic rings. The predicted molar refractivity (Wildman–Crippen MR) is 106 cm³/mol. The highest BCUT2D eigenvalue weighted by atomic mass is 28.3. The number of allylic oxidation sites excluding steroid dienone is 4. The second-order valence-corrected chi connectivity index (χ2v) is 13.4. The number of fused-ring (bicyclic) bond motifs is 1. The Morgan fingerprint density at radius 1 is 0.870 bits per heavy atom. The van der Waals surface area contributed by atoms with Crippen molar-refractivity contribution in [3.05, 3.63) is 22.3 Å². The highest BCUT2D eigenvalue weighted by Crippen LogP contribution is 2.60. The zero-order valence-corrected chi connectivity index (χ0v) is 18.0. The molecule has 5 unspecified atom stereocenters. The first kappa shape index (κ1) is 19.0. The Morgan fingerprint density at radius 2 is 1.39 bits per heavy atom. The van der Waals surface area contributed by atoms with Gasteiger partial charge in [0.25, 0.3) is 0 Å². The lowest BCUT2D eigenvalue weighted by atomic mass is 9.72. The maximum Gasteiger partial charge on any atom is 0.123 e. The van der Waals surface area contributed by atoms with Crippen LogP contribution in [-0.2, 0) is 0 Å². The summed E-state index contributed by atoms with van der Waals surface area (Å²) in [4.78, 5) is 4.05. The van der Waals surface area contributed by atoms with Crippen molar-refractivity contribution < 1.29 is 0 Å². The first-order valence-corrected chi connectivity index (χ1v) is 12.8. The van der Waals surface area contributed by atoms with Crippen molar-refractivity contribution in [1.82, 2.24) is 4.98 Å². The van der Waals surface area contributed by atoms with E-state index in [1.165, 1.54) is 19.4 Å². The quantitative estimate of drug-likeness (QED) is 0.469. The van der Waals surface area contributed by atoms with E-state index < -0.39 is 8.24 Å². The number of rotatable bonds is 5. The van der Waals surface area contributed by atoms with Crippen LogP contribution in [0.5, 0.6) is 0 Å². The molecule has 0 radical (unpaired) electrons. The predicted octanol–water partition coefficient (Wildman–Crippen LogP) is 6.16. The van der Waals surface area contributed by atoms with Gasteiger partial charge < -0.3 is 4.98 Å². The molecule has 0 aromatic heterocycles. The van der Waals surface area contributed by atoms with Gasteiger partial charge in [-0.2, -0.15) is 0 Å². The molecular weight excluding hydrogens is 294 g/mol. The molecule has 2 heteroatoms. The van der Waals surface area contributed by atoms with E-state index >= 15 is 0 Å². The van der Waals surface area contributed by atoms with Gasteiger partial charge in [-0.15, -0.1) is 0 Å². The van der Waals surface area contributed by atoms with Crippen molar-refractivity contribution >= 4 is 8.24 Å². The van der Waals surface area contributed by atoms with Gasteiger partial charge >= 0.3 is 0 Å². The van der Waals surface area contributed by atoms with Crippen LogP contribution in [0.25, 0.3) is 0 Å². The summed E-state index contributed by atoms with van der Waals surface area (Å²) in [5, 5.41) is 0. The summed E-state index contributed by atoms with van der Waals surface area (Å²) in [6.07, 6.45) is 2.60. The number of unbranched alkanes of at least 4 members (excludes halogenated alkanes) is 1. The molecule has 1 fully saturated rings. The van der Waals surface area contributed by atoms with Gasteiger partial charge in [-0.1, -0.05) is 51.4 Å². The summed E-state index contributed by atoms with van der Waals surface area (Å²) in [5.74, 6) is 3.19. The van der Waals surface area contributed by atoms with Gasteiger partial charge in [-0.3, -0.25) is 0 Å². The highest BCUT2D eigenvalue weighted by Gasteiger charge is 2.54. The molecule has 132 valence electrons. The lowest BCUT2D eigenvalue weighted by molar-refractivity contribution is 0.371. The van der Waals surface area contributed by atoms with Crippen LogP contribution in [0.15, 0.2) is 22.3 Å². The third kappa shape index (κ3) is 3.14. The van der Waals surface area contributed by atoms with Crippen LogP contribution >= 0.6 is 0 Å². The first-order chi connectivity index (χ1) is 10.6. The van der Waals surface area contributed by atoms with Crippen LogP contribution in [0.4, 0.5) is 0 Å². The summed E-state index contributed by atoms with van der Waals surface area (Å²) in [6.45, 7) is 23.3. The van der Waals surface area contributed by atoms with Crippen LogP contribution < -0.4 is 4.98 Å². The van der Waals surface area contributed by atoms with Crippen molar-refractivity contribution in [3.8, 4) is 0 Å². The first-order valence-electron chi connectivity index (χ1n) is 9.75. The molecule has 0 aromatic rings. The highest BCUT2D eigenvalue weighted by molar-refractivity contribution is 6.76. The van der Waals surface area contributed by atoms with E-state index in [1.54, 1.807) is 22.3 Å². The number of nitrogens with one attached hydrogen (secondary N) is 1. The normalized spacial score (nSPS) is 35.1. The zero-order chi connectivity index (χ0) is 17.5. The van der Waals surface area contributed by atoms with Gasteiger partial charge in [0.05, 0.1) is 0 Å². The minimum Gasteiger partial charge on any atom is -0.337 e. The molecule has 1 nitrogen and oxygen atoms in total. The Bertz CT molecular complexity index is 514. The molecule has 5 atom stereocenters. The lowest BCUT2D eigenvalue weighted by Crippen LogP contribution is -2.52. The Morgan fingerprint density at radius 3 is 1.91 bits per heavy atom. The Labute approximate surface area is 146 Å². The summed E-state index contributed by atoms with van der Waals surface area (Å²) in [6, 6.07) is 0. The second-order valence-electron chi connectivity index (χ2n) is 8.91. The fraction of sp³-hybridized carbons (Fsp3) is 0.810. The van der Waals surface area contributed by atoms with Crippen molar-refractivity contribution in [3.63, 3.8) is 0 Å². The van der Waals surface area contributed by atoms with E-state index in [0.29, 0.717) is 0 Å². The fourth-order valence-corrected chi connectivity index (χ4v) is 9.67. The number of hydrogen-bond donors (Lipinski definition) is 1. The maximum absolute atomic E-state index is 4.05. The SMILES string of the molecule is CCCCN[Si](C)(C)C1C(C)C(C)C2C(C)=C(C)C(C)=C(C)C21. The topological polar surface area (TPSA) is 12.0 Å². The Kier molecular flexibility index (Phi) is 5.68. The lowest BCUT2D eigenvalue weighted by Gasteiger charge is -2.41. The summed E-state index contributed by atoms with van der Waals surface area (Å²) in [7, 11) is -1.45. The Balaban J connectivity index is 2.39. The molecule has 0 heterocycles. The van der Waals surface area contributed by atoms with Gasteiger partial charge in [0, 0.05) is 0 Å². The zero-order valence-electron chi connectivity index (χ0n) is 17.0. The van der Waals surface area contributed by atoms with E-state index in [1.807, 2.05) is 0 Å². The molecule has 0 amide bonds. The molecule has 1 saturated carbocycles. The average Bonchev–Trinajstić information content (AvgIpc) is 2.76. The van der Waals surface area contributed by atoms with Crippen molar-refractivity contribution in [1.29, 1.82) is 0 Å². The van der Waals surface area contributed by atoms with Crippen LogP contribution in [0.2, 0.25) is 18.6 Å². The van der Waals surface area contributed by atoms with Crippen LogP contribution in [0, 0.1) is 23.7 Å². The third-order valence-electron chi connectivity index (χ3n) is 7.43. The van der Waals surface area contributed by atoms with Crippen LogP contribution in [0.3, 0.4) is 0 Å². The third-order valence-corrected chi connectivity index (χ3v) is 11.1. The number of hydrogen-bond acceptors (Lipinski definition) is 1. The summed E-state index contributed by atoms with van der Waals surface area (Å²) in [5.41, 5.74) is 7.38. The average molecular weight is 334 g/mol. The molecule has 2 rings (SSSR count).